The number of hydrogen-bond donors (Lipinski definition) is 0. The minimum absolute atomic E-state index is 0.198. The predicted octanol–water partition coefficient (Wildman–Crippen LogP) is 3.15. The van der Waals surface area contributed by atoms with E-state index in [9.17, 15) is 8.42 Å². The summed E-state index contributed by atoms with van der Waals surface area (Å²) in [5.41, 5.74) is 0. The maximum Gasteiger partial charge on any atom is 0.244 e. The van der Waals surface area contributed by atoms with Gasteiger partial charge in [0.1, 0.15) is 4.90 Å². The molecule has 0 radical (unpaired) electrons. The van der Waals surface area contributed by atoms with Crippen molar-refractivity contribution in [3.63, 3.8) is 0 Å². The number of sulfonamides is 1. The zero-order chi connectivity index (χ0) is 12.9. The highest BCUT2D eigenvalue weighted by Crippen LogP contribution is 2.24. The Morgan fingerprint density at radius 2 is 1.65 bits per heavy atom. The third-order valence-electron chi connectivity index (χ3n) is 2.40. The molecule has 1 aromatic rings. The zero-order valence-corrected chi connectivity index (χ0v) is 11.8. The second kappa shape index (κ2) is 6.38. The number of rotatable bonds is 6. The molecular formula is C12H18ClNO2S. The van der Waals surface area contributed by atoms with Crippen LogP contribution in [-0.2, 0) is 10.0 Å². The van der Waals surface area contributed by atoms with E-state index < -0.39 is 10.0 Å². The van der Waals surface area contributed by atoms with Crippen LogP contribution in [0.5, 0.6) is 0 Å². The van der Waals surface area contributed by atoms with Crippen molar-refractivity contribution < 1.29 is 8.42 Å². The molecular weight excluding hydrogens is 258 g/mol. The molecule has 0 fully saturated rings. The van der Waals surface area contributed by atoms with Crippen molar-refractivity contribution in [1.82, 2.24) is 4.31 Å². The third-order valence-corrected chi connectivity index (χ3v) is 4.80. The predicted molar refractivity (Wildman–Crippen MR) is 70.8 cm³/mol. The minimum atomic E-state index is -3.45. The van der Waals surface area contributed by atoms with Crippen LogP contribution < -0.4 is 0 Å². The van der Waals surface area contributed by atoms with E-state index in [-0.39, 0.29) is 9.92 Å². The Hall–Kier alpha value is -0.580. The van der Waals surface area contributed by atoms with Crippen molar-refractivity contribution in [3.05, 3.63) is 29.3 Å². The summed E-state index contributed by atoms with van der Waals surface area (Å²) in [5.74, 6) is 0. The molecule has 0 N–H and O–H groups in total. The molecule has 0 aliphatic rings. The summed E-state index contributed by atoms with van der Waals surface area (Å²) in [4.78, 5) is 0.198. The monoisotopic (exact) mass is 275 g/mol. The van der Waals surface area contributed by atoms with Crippen LogP contribution >= 0.6 is 11.6 Å². The molecule has 0 spiro atoms. The van der Waals surface area contributed by atoms with Gasteiger partial charge in [0.15, 0.2) is 0 Å². The van der Waals surface area contributed by atoms with Crippen LogP contribution in [0, 0.1) is 0 Å². The third kappa shape index (κ3) is 3.44. The summed E-state index contributed by atoms with van der Waals surface area (Å²) in [7, 11) is -3.45. The van der Waals surface area contributed by atoms with E-state index in [1.165, 1.54) is 4.31 Å². The van der Waals surface area contributed by atoms with Gasteiger partial charge in [-0.1, -0.05) is 37.6 Å². The second-order valence-electron chi connectivity index (χ2n) is 3.83. The highest BCUT2D eigenvalue weighted by Gasteiger charge is 2.24. The van der Waals surface area contributed by atoms with Gasteiger partial charge in [0.2, 0.25) is 10.0 Å². The van der Waals surface area contributed by atoms with E-state index in [0.29, 0.717) is 13.1 Å². The van der Waals surface area contributed by atoms with Crippen LogP contribution in [0.2, 0.25) is 5.02 Å². The fourth-order valence-corrected chi connectivity index (χ4v) is 3.76. The molecule has 0 aromatic heterocycles. The molecule has 3 nitrogen and oxygen atoms in total. The van der Waals surface area contributed by atoms with Crippen LogP contribution in [0.4, 0.5) is 0 Å². The first-order valence-corrected chi connectivity index (χ1v) is 7.60. The summed E-state index contributed by atoms with van der Waals surface area (Å²) in [6.07, 6.45) is 1.59. The van der Waals surface area contributed by atoms with Crippen molar-refractivity contribution >= 4 is 21.6 Å². The molecule has 0 saturated heterocycles. The molecule has 0 amide bonds. The Kier molecular flexibility index (Phi) is 5.43. The van der Waals surface area contributed by atoms with Crippen LogP contribution in [-0.4, -0.2) is 25.8 Å². The van der Waals surface area contributed by atoms with Crippen molar-refractivity contribution in [2.45, 2.75) is 31.6 Å². The van der Waals surface area contributed by atoms with E-state index in [1.807, 2.05) is 13.8 Å². The van der Waals surface area contributed by atoms with Gasteiger partial charge >= 0.3 is 0 Å². The van der Waals surface area contributed by atoms with Crippen molar-refractivity contribution in [1.29, 1.82) is 0 Å². The van der Waals surface area contributed by atoms with Gasteiger partial charge in [-0.05, 0) is 25.0 Å². The minimum Gasteiger partial charge on any atom is -0.207 e. The van der Waals surface area contributed by atoms with Gasteiger partial charge in [-0.15, -0.1) is 0 Å². The van der Waals surface area contributed by atoms with Gasteiger partial charge in [-0.3, -0.25) is 0 Å². The first kappa shape index (κ1) is 14.5. The Balaban J connectivity index is 3.12. The lowest BCUT2D eigenvalue weighted by Gasteiger charge is -2.21. The molecule has 0 heterocycles. The molecule has 0 aliphatic heterocycles. The number of halogens is 1. The van der Waals surface area contributed by atoms with Crippen molar-refractivity contribution in [2.75, 3.05) is 13.1 Å². The molecule has 96 valence electrons. The molecule has 17 heavy (non-hydrogen) atoms. The van der Waals surface area contributed by atoms with Gasteiger partial charge in [0, 0.05) is 13.1 Å². The largest absolute Gasteiger partial charge is 0.244 e. The standard InChI is InChI=1S/C12H18ClNO2S/c1-3-9-14(10-4-2)17(15,16)12-8-6-5-7-11(12)13/h5-8H,3-4,9-10H2,1-2H3. The van der Waals surface area contributed by atoms with E-state index in [1.54, 1.807) is 24.3 Å². The van der Waals surface area contributed by atoms with Crippen LogP contribution in [0.3, 0.4) is 0 Å². The summed E-state index contributed by atoms with van der Waals surface area (Å²) in [6, 6.07) is 6.57. The van der Waals surface area contributed by atoms with E-state index in [2.05, 4.69) is 0 Å². The lowest BCUT2D eigenvalue weighted by atomic mass is 10.4. The summed E-state index contributed by atoms with van der Waals surface area (Å²) < 4.78 is 26.2. The highest BCUT2D eigenvalue weighted by atomic mass is 35.5. The Morgan fingerprint density at radius 1 is 1.12 bits per heavy atom. The smallest absolute Gasteiger partial charge is 0.207 e. The molecule has 0 saturated carbocycles. The summed E-state index contributed by atoms with van der Waals surface area (Å²) >= 11 is 5.95. The average Bonchev–Trinajstić information content (AvgIpc) is 2.29. The zero-order valence-electron chi connectivity index (χ0n) is 10.2. The Bertz CT molecular complexity index is 453. The quantitative estimate of drug-likeness (QED) is 0.800. The lowest BCUT2D eigenvalue weighted by molar-refractivity contribution is 0.410. The fourth-order valence-electron chi connectivity index (χ4n) is 1.64. The first-order chi connectivity index (χ1) is 8.04. The molecule has 0 bridgehead atoms. The molecule has 0 aliphatic carbocycles. The molecule has 0 atom stereocenters. The summed E-state index contributed by atoms with van der Waals surface area (Å²) in [5, 5.41) is 0.282. The van der Waals surface area contributed by atoms with Crippen molar-refractivity contribution in [3.8, 4) is 0 Å². The normalized spacial score (nSPS) is 12.0. The molecule has 0 unspecified atom stereocenters. The lowest BCUT2D eigenvalue weighted by Crippen LogP contribution is -2.32. The van der Waals surface area contributed by atoms with Crippen LogP contribution in [0.25, 0.3) is 0 Å². The SMILES string of the molecule is CCCN(CCC)S(=O)(=O)c1ccccc1Cl. The second-order valence-corrected chi connectivity index (χ2v) is 6.15. The maximum atomic E-state index is 12.4. The van der Waals surface area contributed by atoms with Gasteiger partial charge in [-0.25, -0.2) is 8.42 Å². The Morgan fingerprint density at radius 3 is 2.12 bits per heavy atom. The Labute approximate surface area is 108 Å². The highest BCUT2D eigenvalue weighted by molar-refractivity contribution is 7.89. The topological polar surface area (TPSA) is 37.4 Å². The number of nitrogens with zero attached hydrogens (tertiary/aromatic N) is 1. The number of benzene rings is 1. The summed E-state index contributed by atoms with van der Waals surface area (Å²) in [6.45, 7) is 4.98. The van der Waals surface area contributed by atoms with Crippen molar-refractivity contribution in [2.24, 2.45) is 0 Å². The first-order valence-electron chi connectivity index (χ1n) is 5.78. The molecule has 1 rings (SSSR count). The van der Waals surface area contributed by atoms with Crippen LogP contribution in [0.15, 0.2) is 29.2 Å². The maximum absolute atomic E-state index is 12.4. The fraction of sp³-hybridized carbons (Fsp3) is 0.500. The van der Waals surface area contributed by atoms with Gasteiger partial charge in [-0.2, -0.15) is 4.31 Å². The molecule has 5 heteroatoms. The average molecular weight is 276 g/mol. The van der Waals surface area contributed by atoms with Crippen LogP contribution in [0.1, 0.15) is 26.7 Å². The van der Waals surface area contributed by atoms with Gasteiger partial charge in [0.05, 0.1) is 5.02 Å². The van der Waals surface area contributed by atoms with E-state index in [0.717, 1.165) is 12.8 Å². The number of hydrogen-bond acceptors (Lipinski definition) is 2. The molecule has 1 aromatic carbocycles. The van der Waals surface area contributed by atoms with E-state index >= 15 is 0 Å². The van der Waals surface area contributed by atoms with E-state index in [4.69, 9.17) is 11.6 Å². The van der Waals surface area contributed by atoms with Gasteiger partial charge in [0.25, 0.3) is 0 Å². The van der Waals surface area contributed by atoms with Gasteiger partial charge < -0.3 is 0 Å².